The molecule has 0 amide bonds. The second kappa shape index (κ2) is 5.33. The van der Waals surface area contributed by atoms with Crippen molar-refractivity contribution in [1.29, 1.82) is 0 Å². The highest BCUT2D eigenvalue weighted by molar-refractivity contribution is 5.30. The summed E-state index contributed by atoms with van der Waals surface area (Å²) in [5.41, 5.74) is 4.21. The first kappa shape index (κ1) is 11.4. The lowest BCUT2D eigenvalue weighted by Crippen LogP contribution is -2.30. The first-order chi connectivity index (χ1) is 8.36. The van der Waals surface area contributed by atoms with Gasteiger partial charge in [-0.25, -0.2) is 10.4 Å². The summed E-state index contributed by atoms with van der Waals surface area (Å²) in [5.74, 6) is 6.00. The van der Waals surface area contributed by atoms with E-state index >= 15 is 0 Å². The number of methoxy groups -OCH3 is 1. The predicted octanol–water partition coefficient (Wildman–Crippen LogP) is 0.433. The van der Waals surface area contributed by atoms with Gasteiger partial charge >= 0.3 is 0 Å². The lowest BCUT2D eigenvalue weighted by Gasteiger charge is -2.16. The van der Waals surface area contributed by atoms with E-state index in [9.17, 15) is 0 Å². The summed E-state index contributed by atoms with van der Waals surface area (Å²) in [5, 5.41) is 0. The molecule has 17 heavy (non-hydrogen) atoms. The molecule has 0 bridgehead atoms. The zero-order valence-corrected chi connectivity index (χ0v) is 9.37. The SMILES string of the molecule is COc1nccnc1C(NN)c1cccnc1. The number of rotatable bonds is 4. The van der Waals surface area contributed by atoms with Crippen LogP contribution in [-0.4, -0.2) is 22.1 Å². The van der Waals surface area contributed by atoms with Crippen molar-refractivity contribution in [3.63, 3.8) is 0 Å². The Morgan fingerprint density at radius 2 is 2.12 bits per heavy atom. The van der Waals surface area contributed by atoms with Gasteiger partial charge in [0, 0.05) is 24.8 Å². The number of aromatic nitrogens is 3. The minimum atomic E-state index is -0.299. The average Bonchev–Trinajstić information content (AvgIpc) is 2.41. The van der Waals surface area contributed by atoms with Crippen molar-refractivity contribution in [3.8, 4) is 5.88 Å². The fourth-order valence-corrected chi connectivity index (χ4v) is 1.57. The van der Waals surface area contributed by atoms with Crippen molar-refractivity contribution >= 4 is 0 Å². The van der Waals surface area contributed by atoms with Gasteiger partial charge in [-0.15, -0.1) is 0 Å². The predicted molar refractivity (Wildman–Crippen MR) is 62.0 cm³/mol. The van der Waals surface area contributed by atoms with E-state index in [1.807, 2.05) is 12.1 Å². The van der Waals surface area contributed by atoms with Crippen LogP contribution in [0.2, 0.25) is 0 Å². The van der Waals surface area contributed by atoms with E-state index in [4.69, 9.17) is 10.6 Å². The summed E-state index contributed by atoms with van der Waals surface area (Å²) in [7, 11) is 1.55. The number of nitrogens with one attached hydrogen (secondary N) is 1. The van der Waals surface area contributed by atoms with Crippen molar-refractivity contribution in [2.75, 3.05) is 7.11 Å². The smallest absolute Gasteiger partial charge is 0.237 e. The van der Waals surface area contributed by atoms with Gasteiger partial charge in [0.15, 0.2) is 0 Å². The minimum Gasteiger partial charge on any atom is -0.480 e. The van der Waals surface area contributed by atoms with Gasteiger partial charge in [0.1, 0.15) is 5.69 Å². The summed E-state index contributed by atoms with van der Waals surface area (Å²) >= 11 is 0. The van der Waals surface area contributed by atoms with Crippen LogP contribution in [0.25, 0.3) is 0 Å². The third-order valence-corrected chi connectivity index (χ3v) is 2.34. The van der Waals surface area contributed by atoms with E-state index in [1.54, 1.807) is 31.9 Å². The Morgan fingerprint density at radius 3 is 2.76 bits per heavy atom. The van der Waals surface area contributed by atoms with Crippen LogP contribution in [0.5, 0.6) is 5.88 Å². The molecule has 2 heterocycles. The van der Waals surface area contributed by atoms with Crippen molar-refractivity contribution in [3.05, 3.63) is 48.2 Å². The molecule has 3 N–H and O–H groups in total. The summed E-state index contributed by atoms with van der Waals surface area (Å²) in [4.78, 5) is 12.4. The number of nitrogens with two attached hydrogens (primary N) is 1. The van der Waals surface area contributed by atoms with Crippen LogP contribution in [0.4, 0.5) is 0 Å². The van der Waals surface area contributed by atoms with E-state index < -0.39 is 0 Å². The van der Waals surface area contributed by atoms with Crippen LogP contribution in [-0.2, 0) is 0 Å². The molecule has 0 spiro atoms. The van der Waals surface area contributed by atoms with E-state index in [0.717, 1.165) is 5.56 Å². The normalized spacial score (nSPS) is 12.1. The molecule has 0 radical (unpaired) electrons. The second-order valence-corrected chi connectivity index (χ2v) is 3.34. The molecule has 6 nitrogen and oxygen atoms in total. The number of hydrazine groups is 1. The fourth-order valence-electron chi connectivity index (χ4n) is 1.57. The van der Waals surface area contributed by atoms with Gasteiger partial charge in [-0.05, 0) is 11.6 Å². The lowest BCUT2D eigenvalue weighted by atomic mass is 10.1. The van der Waals surface area contributed by atoms with Crippen LogP contribution >= 0.6 is 0 Å². The second-order valence-electron chi connectivity index (χ2n) is 3.34. The standard InChI is InChI=1S/C11H13N5O/c1-17-11-10(14-5-6-15-11)9(16-12)8-3-2-4-13-7-8/h2-7,9,16H,12H2,1H3. The maximum atomic E-state index is 5.56. The summed E-state index contributed by atoms with van der Waals surface area (Å²) in [6.07, 6.45) is 6.58. The van der Waals surface area contributed by atoms with Crippen molar-refractivity contribution in [1.82, 2.24) is 20.4 Å². The molecule has 0 saturated heterocycles. The first-order valence-electron chi connectivity index (χ1n) is 5.07. The summed E-state index contributed by atoms with van der Waals surface area (Å²) in [6, 6.07) is 3.45. The van der Waals surface area contributed by atoms with Crippen LogP contribution < -0.4 is 16.0 Å². The molecule has 0 aromatic carbocycles. The Balaban J connectivity index is 2.42. The van der Waals surface area contributed by atoms with Crippen LogP contribution in [0.1, 0.15) is 17.3 Å². The van der Waals surface area contributed by atoms with Crippen LogP contribution in [0.15, 0.2) is 36.9 Å². The van der Waals surface area contributed by atoms with Gasteiger partial charge in [-0.3, -0.25) is 15.8 Å². The number of ether oxygens (including phenoxy) is 1. The Labute approximate surface area is 98.9 Å². The topological polar surface area (TPSA) is 86.0 Å². The van der Waals surface area contributed by atoms with Crippen molar-refractivity contribution < 1.29 is 4.74 Å². The van der Waals surface area contributed by atoms with Gasteiger partial charge in [0.2, 0.25) is 5.88 Å². The van der Waals surface area contributed by atoms with Gasteiger partial charge in [-0.1, -0.05) is 6.07 Å². The van der Waals surface area contributed by atoms with E-state index in [-0.39, 0.29) is 6.04 Å². The van der Waals surface area contributed by atoms with Crippen LogP contribution in [0.3, 0.4) is 0 Å². The zero-order chi connectivity index (χ0) is 12.1. The molecular formula is C11H13N5O. The largest absolute Gasteiger partial charge is 0.480 e. The van der Waals surface area contributed by atoms with E-state index in [0.29, 0.717) is 11.6 Å². The maximum absolute atomic E-state index is 5.56. The number of hydrogen-bond donors (Lipinski definition) is 2. The van der Waals surface area contributed by atoms with Gasteiger partial charge in [0.05, 0.1) is 13.2 Å². The zero-order valence-electron chi connectivity index (χ0n) is 9.37. The molecule has 2 aromatic heterocycles. The first-order valence-corrected chi connectivity index (χ1v) is 5.07. The molecule has 0 fully saturated rings. The summed E-state index contributed by atoms with van der Waals surface area (Å²) < 4.78 is 5.16. The lowest BCUT2D eigenvalue weighted by molar-refractivity contribution is 0.383. The third-order valence-electron chi connectivity index (χ3n) is 2.34. The Morgan fingerprint density at radius 1 is 1.29 bits per heavy atom. The molecule has 2 aromatic rings. The third kappa shape index (κ3) is 2.38. The van der Waals surface area contributed by atoms with Crippen molar-refractivity contribution in [2.24, 2.45) is 5.84 Å². The highest BCUT2D eigenvalue weighted by atomic mass is 16.5. The van der Waals surface area contributed by atoms with Gasteiger partial charge in [-0.2, -0.15) is 0 Å². The molecule has 0 aliphatic rings. The molecule has 0 aliphatic heterocycles. The Hall–Kier alpha value is -2.05. The maximum Gasteiger partial charge on any atom is 0.237 e. The van der Waals surface area contributed by atoms with Crippen molar-refractivity contribution in [2.45, 2.75) is 6.04 Å². The van der Waals surface area contributed by atoms with E-state index in [2.05, 4.69) is 20.4 Å². The van der Waals surface area contributed by atoms with Gasteiger partial charge < -0.3 is 4.74 Å². The highest BCUT2D eigenvalue weighted by Gasteiger charge is 2.19. The van der Waals surface area contributed by atoms with Crippen LogP contribution in [0, 0.1) is 0 Å². The number of hydrogen-bond acceptors (Lipinski definition) is 6. The average molecular weight is 231 g/mol. The molecule has 2 rings (SSSR count). The molecule has 88 valence electrons. The molecule has 1 unspecified atom stereocenters. The molecule has 6 heteroatoms. The molecule has 1 atom stereocenters. The fraction of sp³-hybridized carbons (Fsp3) is 0.182. The quantitative estimate of drug-likeness (QED) is 0.586. The van der Waals surface area contributed by atoms with E-state index in [1.165, 1.54) is 0 Å². The minimum absolute atomic E-state index is 0.299. The highest BCUT2D eigenvalue weighted by Crippen LogP contribution is 2.24. The molecular weight excluding hydrogens is 218 g/mol. The Bertz CT molecular complexity index is 476. The number of nitrogens with zero attached hydrogens (tertiary/aromatic N) is 3. The molecule has 0 aliphatic carbocycles. The molecule has 0 saturated carbocycles. The Kier molecular flexibility index (Phi) is 3.59. The monoisotopic (exact) mass is 231 g/mol. The number of pyridine rings is 1. The van der Waals surface area contributed by atoms with Gasteiger partial charge in [0.25, 0.3) is 0 Å². The summed E-state index contributed by atoms with van der Waals surface area (Å²) in [6.45, 7) is 0.